The maximum atomic E-state index is 10.8. The maximum absolute atomic E-state index is 10.8. The minimum Gasteiger partial charge on any atom is -0.508 e. The van der Waals surface area contributed by atoms with Gasteiger partial charge in [-0.2, -0.15) is 0 Å². The van der Waals surface area contributed by atoms with Gasteiger partial charge in [0.25, 0.3) is 0 Å². The molecule has 1 aliphatic carbocycles. The van der Waals surface area contributed by atoms with Crippen LogP contribution < -0.4 is 4.74 Å². The molecule has 1 saturated heterocycles. The van der Waals surface area contributed by atoms with Gasteiger partial charge in [-0.3, -0.25) is 0 Å². The number of hydrogen-bond acceptors (Lipinski definition) is 3. The lowest BCUT2D eigenvalue weighted by atomic mass is 9.64. The molecule has 1 aromatic rings. The molecule has 132 valence electrons. The number of epoxide rings is 1. The average Bonchev–Trinajstić information content (AvgIpc) is 3.18. The van der Waals surface area contributed by atoms with E-state index in [1.54, 1.807) is 0 Å². The van der Waals surface area contributed by atoms with Crippen molar-refractivity contribution in [2.75, 3.05) is 0 Å². The largest absolute Gasteiger partial charge is 0.508 e. The standard InChI is InChI=1S/C21H30O3/c1-5-6-7-8-13-11-15(22)18-16(12-13)23-20(2,3)14-9-10-21(4)19(24-21)17(14)18/h11-12,14,17,19,22H,5-10H2,1-4H3/t14-,17-,19-,21+/m1/s1. The highest BCUT2D eigenvalue weighted by Crippen LogP contribution is 2.63. The molecule has 3 nitrogen and oxygen atoms in total. The second-order valence-electron chi connectivity index (χ2n) is 8.71. The van der Waals surface area contributed by atoms with Crippen molar-refractivity contribution in [1.82, 2.24) is 0 Å². The Morgan fingerprint density at radius 1 is 1.21 bits per heavy atom. The molecule has 1 saturated carbocycles. The minimum atomic E-state index is -0.209. The van der Waals surface area contributed by atoms with Crippen molar-refractivity contribution in [3.63, 3.8) is 0 Å². The quantitative estimate of drug-likeness (QED) is 0.627. The average molecular weight is 330 g/mol. The molecular weight excluding hydrogens is 300 g/mol. The lowest BCUT2D eigenvalue weighted by Crippen LogP contribution is -2.49. The molecule has 2 heterocycles. The van der Waals surface area contributed by atoms with Gasteiger partial charge < -0.3 is 14.6 Å². The fourth-order valence-electron chi connectivity index (χ4n) is 5.04. The zero-order valence-corrected chi connectivity index (χ0v) is 15.4. The summed E-state index contributed by atoms with van der Waals surface area (Å²) >= 11 is 0. The van der Waals surface area contributed by atoms with Crippen LogP contribution in [0.25, 0.3) is 0 Å². The fraction of sp³-hybridized carbons (Fsp3) is 0.714. The summed E-state index contributed by atoms with van der Waals surface area (Å²) in [6.45, 7) is 8.82. The van der Waals surface area contributed by atoms with E-state index >= 15 is 0 Å². The van der Waals surface area contributed by atoms with E-state index in [0.29, 0.717) is 11.7 Å². The third kappa shape index (κ3) is 2.44. The third-order valence-electron chi connectivity index (χ3n) is 6.50. The highest BCUT2D eigenvalue weighted by Gasteiger charge is 2.65. The molecule has 0 bridgehead atoms. The minimum absolute atomic E-state index is 0.0120. The summed E-state index contributed by atoms with van der Waals surface area (Å²) in [5.74, 6) is 1.95. The molecule has 2 fully saturated rings. The maximum Gasteiger partial charge on any atom is 0.127 e. The highest BCUT2D eigenvalue weighted by atomic mass is 16.6. The molecule has 24 heavy (non-hydrogen) atoms. The van der Waals surface area contributed by atoms with Crippen LogP contribution in [0.1, 0.15) is 76.8 Å². The van der Waals surface area contributed by atoms with Crippen molar-refractivity contribution < 1.29 is 14.6 Å². The lowest BCUT2D eigenvalue weighted by molar-refractivity contribution is -0.00595. The van der Waals surface area contributed by atoms with Crippen LogP contribution in [0.2, 0.25) is 0 Å². The van der Waals surface area contributed by atoms with Crippen LogP contribution >= 0.6 is 0 Å². The molecule has 1 aromatic carbocycles. The Kier molecular flexibility index (Phi) is 3.65. The summed E-state index contributed by atoms with van der Waals surface area (Å²) in [5, 5.41) is 10.8. The summed E-state index contributed by atoms with van der Waals surface area (Å²) in [5.41, 5.74) is 1.98. The van der Waals surface area contributed by atoms with Gasteiger partial charge in [0, 0.05) is 17.4 Å². The van der Waals surface area contributed by atoms with Crippen LogP contribution in [0.15, 0.2) is 12.1 Å². The molecule has 0 radical (unpaired) electrons. The zero-order valence-electron chi connectivity index (χ0n) is 15.4. The fourth-order valence-corrected chi connectivity index (χ4v) is 5.04. The topological polar surface area (TPSA) is 42.0 Å². The third-order valence-corrected chi connectivity index (χ3v) is 6.50. The Labute approximate surface area is 145 Å². The number of unbranched alkanes of at least 4 members (excludes halogenated alkanes) is 2. The van der Waals surface area contributed by atoms with E-state index < -0.39 is 0 Å². The van der Waals surface area contributed by atoms with E-state index in [0.717, 1.165) is 37.0 Å². The van der Waals surface area contributed by atoms with Gasteiger partial charge in [0.1, 0.15) is 17.1 Å². The summed E-state index contributed by atoms with van der Waals surface area (Å²) in [7, 11) is 0. The predicted molar refractivity (Wildman–Crippen MR) is 94.8 cm³/mol. The molecule has 0 spiro atoms. The predicted octanol–water partition coefficient (Wildman–Crippen LogP) is 4.95. The molecular formula is C21H30O3. The van der Waals surface area contributed by atoms with Crippen LogP contribution in [0.3, 0.4) is 0 Å². The molecule has 3 aliphatic rings. The summed E-state index contributed by atoms with van der Waals surface area (Å²) < 4.78 is 12.5. The zero-order chi connectivity index (χ0) is 17.1. The Morgan fingerprint density at radius 2 is 2.00 bits per heavy atom. The first-order chi connectivity index (χ1) is 11.4. The number of benzene rings is 1. The van der Waals surface area contributed by atoms with Gasteiger partial charge in [0.15, 0.2) is 0 Å². The molecule has 0 amide bonds. The Morgan fingerprint density at radius 3 is 2.75 bits per heavy atom. The normalized spacial score (nSPS) is 35.4. The van der Waals surface area contributed by atoms with Crippen molar-refractivity contribution in [3.8, 4) is 11.5 Å². The van der Waals surface area contributed by atoms with Crippen molar-refractivity contribution >= 4 is 0 Å². The second-order valence-corrected chi connectivity index (χ2v) is 8.71. The number of aromatic hydroxyl groups is 1. The lowest BCUT2D eigenvalue weighted by Gasteiger charge is -2.47. The second kappa shape index (κ2) is 5.39. The van der Waals surface area contributed by atoms with Gasteiger partial charge >= 0.3 is 0 Å². The van der Waals surface area contributed by atoms with Gasteiger partial charge in [-0.05, 0) is 64.2 Å². The van der Waals surface area contributed by atoms with Gasteiger partial charge in [-0.1, -0.05) is 19.8 Å². The molecule has 4 rings (SSSR count). The number of fused-ring (bicyclic) bond motifs is 5. The Balaban J connectivity index is 1.71. The first-order valence-electron chi connectivity index (χ1n) is 9.58. The molecule has 4 atom stereocenters. The van der Waals surface area contributed by atoms with E-state index in [4.69, 9.17) is 9.47 Å². The van der Waals surface area contributed by atoms with Crippen LogP contribution in [0.5, 0.6) is 11.5 Å². The van der Waals surface area contributed by atoms with Crippen LogP contribution in [-0.4, -0.2) is 22.4 Å². The number of ether oxygens (including phenoxy) is 2. The van der Waals surface area contributed by atoms with E-state index in [1.807, 2.05) is 6.07 Å². The number of phenols is 1. The Bertz CT molecular complexity index is 651. The van der Waals surface area contributed by atoms with E-state index in [-0.39, 0.29) is 23.2 Å². The van der Waals surface area contributed by atoms with Crippen molar-refractivity contribution in [2.45, 2.75) is 89.4 Å². The van der Waals surface area contributed by atoms with E-state index in [9.17, 15) is 5.11 Å². The van der Waals surface area contributed by atoms with Crippen molar-refractivity contribution in [3.05, 3.63) is 23.3 Å². The van der Waals surface area contributed by atoms with Crippen LogP contribution in [-0.2, 0) is 11.2 Å². The first kappa shape index (κ1) is 16.3. The van der Waals surface area contributed by atoms with Crippen LogP contribution in [0, 0.1) is 5.92 Å². The van der Waals surface area contributed by atoms with Gasteiger partial charge in [-0.25, -0.2) is 0 Å². The molecule has 1 N–H and O–H groups in total. The molecule has 3 heteroatoms. The molecule has 0 unspecified atom stereocenters. The molecule has 2 aliphatic heterocycles. The van der Waals surface area contributed by atoms with Gasteiger partial charge in [-0.15, -0.1) is 0 Å². The summed E-state index contributed by atoms with van der Waals surface area (Å²) in [6, 6.07) is 4.12. The molecule has 0 aromatic heterocycles. The number of rotatable bonds is 4. The SMILES string of the molecule is CCCCCc1cc(O)c2c(c1)OC(C)(C)[C@@H]1CC[C@]3(C)O[C@@H]3[C@@H]21. The van der Waals surface area contributed by atoms with Crippen molar-refractivity contribution in [2.24, 2.45) is 5.92 Å². The summed E-state index contributed by atoms with van der Waals surface area (Å²) in [4.78, 5) is 0. The van der Waals surface area contributed by atoms with Crippen LogP contribution in [0.4, 0.5) is 0 Å². The number of hydrogen-bond donors (Lipinski definition) is 1. The van der Waals surface area contributed by atoms with E-state index in [1.165, 1.54) is 18.4 Å². The monoisotopic (exact) mass is 330 g/mol. The van der Waals surface area contributed by atoms with Gasteiger partial charge in [0.05, 0.1) is 11.7 Å². The summed E-state index contributed by atoms with van der Waals surface area (Å²) in [6.07, 6.45) is 7.02. The highest BCUT2D eigenvalue weighted by molar-refractivity contribution is 5.53. The number of aryl methyl sites for hydroxylation is 1. The smallest absolute Gasteiger partial charge is 0.127 e. The van der Waals surface area contributed by atoms with Gasteiger partial charge in [0.2, 0.25) is 0 Å². The van der Waals surface area contributed by atoms with E-state index in [2.05, 4.69) is 33.8 Å². The van der Waals surface area contributed by atoms with Crippen molar-refractivity contribution in [1.29, 1.82) is 0 Å². The Hall–Kier alpha value is -1.22. The number of phenolic OH excluding ortho intramolecular Hbond substituents is 1. The first-order valence-corrected chi connectivity index (χ1v) is 9.58.